The molecule has 0 spiro atoms. The number of halogens is 2. The number of hydrogen-bond acceptors (Lipinski definition) is 2. The van der Waals surface area contributed by atoms with Gasteiger partial charge >= 0.3 is 0 Å². The van der Waals surface area contributed by atoms with Crippen molar-refractivity contribution in [2.45, 2.75) is 40.2 Å². The van der Waals surface area contributed by atoms with Gasteiger partial charge in [-0.15, -0.1) is 0 Å². The van der Waals surface area contributed by atoms with Crippen molar-refractivity contribution in [3.05, 3.63) is 56.7 Å². The van der Waals surface area contributed by atoms with Crippen LogP contribution >= 0.6 is 15.9 Å². The van der Waals surface area contributed by atoms with Crippen molar-refractivity contribution < 1.29 is 8.81 Å². The zero-order valence-electron chi connectivity index (χ0n) is 12.9. The zero-order valence-corrected chi connectivity index (χ0v) is 14.5. The van der Waals surface area contributed by atoms with Crippen LogP contribution in [-0.2, 0) is 0 Å². The standard InChI is InChI=1S/C17H21BrFNO/c1-5-8-20-17(14-9-13(18)6-7-15(14)19)16-10(2)11(3)21-12(16)4/h6-7,9,17,20H,5,8H2,1-4H3. The Hall–Kier alpha value is -1.13. The van der Waals surface area contributed by atoms with Gasteiger partial charge in [-0.05, 0) is 57.5 Å². The Morgan fingerprint density at radius 1 is 1.24 bits per heavy atom. The van der Waals surface area contributed by atoms with Gasteiger partial charge in [-0.3, -0.25) is 0 Å². The molecule has 2 aromatic rings. The molecule has 2 nitrogen and oxygen atoms in total. The molecule has 0 aliphatic rings. The fraction of sp³-hybridized carbons (Fsp3) is 0.412. The van der Waals surface area contributed by atoms with Crippen LogP contribution in [0.5, 0.6) is 0 Å². The minimum Gasteiger partial charge on any atom is -0.466 e. The summed E-state index contributed by atoms with van der Waals surface area (Å²) in [5.41, 5.74) is 2.77. The van der Waals surface area contributed by atoms with Gasteiger partial charge in [0.1, 0.15) is 17.3 Å². The predicted octanol–water partition coefficient (Wildman–Crippen LogP) is 5.20. The molecule has 1 aromatic carbocycles. The third-order valence-corrected chi connectivity index (χ3v) is 4.27. The number of benzene rings is 1. The molecule has 1 N–H and O–H groups in total. The zero-order chi connectivity index (χ0) is 15.6. The summed E-state index contributed by atoms with van der Waals surface area (Å²) in [6.45, 7) is 8.82. The van der Waals surface area contributed by atoms with Crippen LogP contribution in [0, 0.1) is 26.6 Å². The van der Waals surface area contributed by atoms with Crippen molar-refractivity contribution in [1.29, 1.82) is 0 Å². The molecule has 0 aliphatic carbocycles. The fourth-order valence-electron chi connectivity index (χ4n) is 2.63. The van der Waals surface area contributed by atoms with Crippen molar-refractivity contribution in [3.8, 4) is 0 Å². The normalized spacial score (nSPS) is 12.7. The maximum Gasteiger partial charge on any atom is 0.128 e. The van der Waals surface area contributed by atoms with Crippen LogP contribution < -0.4 is 5.32 Å². The van der Waals surface area contributed by atoms with E-state index in [1.807, 2.05) is 26.8 Å². The summed E-state index contributed by atoms with van der Waals surface area (Å²) < 4.78 is 20.9. The van der Waals surface area contributed by atoms with Gasteiger partial charge in [0, 0.05) is 15.6 Å². The second-order valence-corrected chi connectivity index (χ2v) is 6.22. The monoisotopic (exact) mass is 353 g/mol. The van der Waals surface area contributed by atoms with Crippen LogP contribution in [0.3, 0.4) is 0 Å². The lowest BCUT2D eigenvalue weighted by atomic mass is 9.95. The molecule has 4 heteroatoms. The van der Waals surface area contributed by atoms with E-state index in [1.54, 1.807) is 6.07 Å². The molecule has 1 atom stereocenters. The average Bonchev–Trinajstić information content (AvgIpc) is 2.69. The number of rotatable bonds is 5. The second kappa shape index (κ2) is 6.75. The lowest BCUT2D eigenvalue weighted by Crippen LogP contribution is -2.25. The van der Waals surface area contributed by atoms with Crippen LogP contribution in [0.15, 0.2) is 27.1 Å². The van der Waals surface area contributed by atoms with E-state index in [2.05, 4.69) is 28.2 Å². The number of hydrogen-bond donors (Lipinski definition) is 1. The molecule has 1 heterocycles. The molecule has 1 aromatic heterocycles. The number of aryl methyl sites for hydroxylation is 2. The van der Waals surface area contributed by atoms with E-state index in [1.165, 1.54) is 6.07 Å². The van der Waals surface area contributed by atoms with Gasteiger partial charge in [0.25, 0.3) is 0 Å². The van der Waals surface area contributed by atoms with Crippen LogP contribution in [0.2, 0.25) is 0 Å². The molecular formula is C17H21BrFNO. The summed E-state index contributed by atoms with van der Waals surface area (Å²) in [6, 6.07) is 4.86. The molecule has 114 valence electrons. The summed E-state index contributed by atoms with van der Waals surface area (Å²) in [5, 5.41) is 3.44. The Morgan fingerprint density at radius 3 is 2.52 bits per heavy atom. The minimum absolute atomic E-state index is 0.195. The van der Waals surface area contributed by atoms with Crippen molar-refractivity contribution in [2.75, 3.05) is 6.54 Å². The molecule has 0 amide bonds. The van der Waals surface area contributed by atoms with Crippen LogP contribution in [0.1, 0.15) is 47.6 Å². The lowest BCUT2D eigenvalue weighted by molar-refractivity contribution is 0.489. The van der Waals surface area contributed by atoms with Gasteiger partial charge < -0.3 is 9.73 Å². The first-order valence-electron chi connectivity index (χ1n) is 7.20. The van der Waals surface area contributed by atoms with E-state index < -0.39 is 0 Å². The largest absolute Gasteiger partial charge is 0.466 e. The van der Waals surface area contributed by atoms with Gasteiger partial charge in [0.2, 0.25) is 0 Å². The highest BCUT2D eigenvalue weighted by Crippen LogP contribution is 2.33. The Kier molecular flexibility index (Phi) is 5.22. The van der Waals surface area contributed by atoms with E-state index >= 15 is 0 Å². The first-order chi connectivity index (χ1) is 9.95. The van der Waals surface area contributed by atoms with E-state index in [0.717, 1.165) is 40.1 Å². The van der Waals surface area contributed by atoms with E-state index in [4.69, 9.17) is 4.42 Å². The van der Waals surface area contributed by atoms with Gasteiger partial charge in [-0.2, -0.15) is 0 Å². The van der Waals surface area contributed by atoms with Crippen LogP contribution in [-0.4, -0.2) is 6.54 Å². The van der Waals surface area contributed by atoms with Crippen LogP contribution in [0.25, 0.3) is 0 Å². The number of furan rings is 1. The SMILES string of the molecule is CCCNC(c1cc(Br)ccc1F)c1c(C)oc(C)c1C. The van der Waals surface area contributed by atoms with Gasteiger partial charge in [0.05, 0.1) is 6.04 Å². The Balaban J connectivity index is 2.55. The van der Waals surface area contributed by atoms with E-state index in [9.17, 15) is 4.39 Å². The highest BCUT2D eigenvalue weighted by atomic mass is 79.9. The molecule has 0 bridgehead atoms. The third kappa shape index (κ3) is 3.38. The molecule has 0 aliphatic heterocycles. The van der Waals surface area contributed by atoms with Crippen LogP contribution in [0.4, 0.5) is 4.39 Å². The maximum atomic E-state index is 14.3. The van der Waals surface area contributed by atoms with Crippen molar-refractivity contribution in [3.63, 3.8) is 0 Å². The third-order valence-electron chi connectivity index (χ3n) is 3.77. The first kappa shape index (κ1) is 16.2. The van der Waals surface area contributed by atoms with Gasteiger partial charge in [-0.25, -0.2) is 4.39 Å². The van der Waals surface area contributed by atoms with E-state index in [0.29, 0.717) is 5.56 Å². The maximum absolute atomic E-state index is 14.3. The smallest absolute Gasteiger partial charge is 0.128 e. The van der Waals surface area contributed by atoms with E-state index in [-0.39, 0.29) is 11.9 Å². The van der Waals surface area contributed by atoms with Gasteiger partial charge in [0.15, 0.2) is 0 Å². The predicted molar refractivity (Wildman–Crippen MR) is 87.2 cm³/mol. The summed E-state index contributed by atoms with van der Waals surface area (Å²) in [5.74, 6) is 1.53. The molecule has 0 fully saturated rings. The van der Waals surface area contributed by atoms with Crippen molar-refractivity contribution in [1.82, 2.24) is 5.32 Å². The van der Waals surface area contributed by atoms with Crippen molar-refractivity contribution >= 4 is 15.9 Å². The molecule has 21 heavy (non-hydrogen) atoms. The summed E-state index contributed by atoms with van der Waals surface area (Å²) in [7, 11) is 0. The molecule has 0 radical (unpaired) electrons. The summed E-state index contributed by atoms with van der Waals surface area (Å²) in [4.78, 5) is 0. The molecule has 2 rings (SSSR count). The molecule has 0 saturated carbocycles. The topological polar surface area (TPSA) is 25.2 Å². The van der Waals surface area contributed by atoms with Gasteiger partial charge in [-0.1, -0.05) is 22.9 Å². The number of nitrogens with one attached hydrogen (secondary N) is 1. The average molecular weight is 354 g/mol. The van der Waals surface area contributed by atoms with Crippen molar-refractivity contribution in [2.24, 2.45) is 0 Å². The highest BCUT2D eigenvalue weighted by molar-refractivity contribution is 9.10. The Morgan fingerprint density at radius 2 is 1.95 bits per heavy atom. The quantitative estimate of drug-likeness (QED) is 0.799. The Labute approximate surface area is 133 Å². The second-order valence-electron chi connectivity index (χ2n) is 5.31. The highest BCUT2D eigenvalue weighted by Gasteiger charge is 2.24. The minimum atomic E-state index is -0.204. The summed E-state index contributed by atoms with van der Waals surface area (Å²) in [6.07, 6.45) is 0.987. The first-order valence-corrected chi connectivity index (χ1v) is 7.99. The Bertz CT molecular complexity index is 636. The lowest BCUT2D eigenvalue weighted by Gasteiger charge is -2.21. The fourth-order valence-corrected chi connectivity index (χ4v) is 3.01. The molecule has 0 saturated heterocycles. The molecule has 1 unspecified atom stereocenters. The summed E-state index contributed by atoms with van der Waals surface area (Å²) >= 11 is 3.43. The molecular weight excluding hydrogens is 333 g/mol.